The first kappa shape index (κ1) is 16.0. The fourth-order valence-electron chi connectivity index (χ4n) is 1.90. The standard InChI is InChI=1S/C15H16N2O4S/c18-15(16-19)10-9-12-5-4-8-14(11-12)22(20,21)17-13-6-2-1-3-7-13/h1-8,11,17,19H,9-10H2,(H,16,18). The molecule has 0 heterocycles. The largest absolute Gasteiger partial charge is 0.289 e. The Morgan fingerprint density at radius 3 is 2.45 bits per heavy atom. The third-order valence-corrected chi connectivity index (χ3v) is 4.38. The summed E-state index contributed by atoms with van der Waals surface area (Å²) >= 11 is 0. The van der Waals surface area contributed by atoms with Crippen molar-refractivity contribution in [3.63, 3.8) is 0 Å². The number of anilines is 1. The lowest BCUT2D eigenvalue weighted by atomic mass is 10.1. The molecule has 0 aliphatic rings. The Morgan fingerprint density at radius 2 is 1.77 bits per heavy atom. The molecule has 2 aromatic carbocycles. The van der Waals surface area contributed by atoms with Gasteiger partial charge in [-0.3, -0.25) is 14.7 Å². The number of aryl methyl sites for hydroxylation is 1. The maximum Gasteiger partial charge on any atom is 0.261 e. The van der Waals surface area contributed by atoms with Crippen molar-refractivity contribution < 1.29 is 18.4 Å². The number of amides is 1. The highest BCUT2D eigenvalue weighted by Gasteiger charge is 2.14. The highest BCUT2D eigenvalue weighted by atomic mass is 32.2. The first-order valence-electron chi connectivity index (χ1n) is 6.61. The highest BCUT2D eigenvalue weighted by molar-refractivity contribution is 7.92. The molecule has 0 aliphatic heterocycles. The molecule has 3 N–H and O–H groups in total. The van der Waals surface area contributed by atoms with Crippen LogP contribution >= 0.6 is 0 Å². The minimum Gasteiger partial charge on any atom is -0.289 e. The number of hydroxylamine groups is 1. The first-order valence-corrected chi connectivity index (χ1v) is 8.09. The van der Waals surface area contributed by atoms with Crippen LogP contribution in [0, 0.1) is 0 Å². The fraction of sp³-hybridized carbons (Fsp3) is 0.133. The third-order valence-electron chi connectivity index (χ3n) is 3.00. The highest BCUT2D eigenvalue weighted by Crippen LogP contribution is 2.17. The van der Waals surface area contributed by atoms with Gasteiger partial charge in [0, 0.05) is 12.1 Å². The monoisotopic (exact) mass is 320 g/mol. The molecule has 2 rings (SSSR count). The quantitative estimate of drug-likeness (QED) is 0.560. The van der Waals surface area contributed by atoms with E-state index in [1.807, 2.05) is 0 Å². The normalized spacial score (nSPS) is 11.0. The molecule has 0 atom stereocenters. The van der Waals surface area contributed by atoms with E-state index in [0.717, 1.165) is 0 Å². The molecule has 6 nitrogen and oxygen atoms in total. The van der Waals surface area contributed by atoms with Crippen molar-refractivity contribution in [3.8, 4) is 0 Å². The van der Waals surface area contributed by atoms with Gasteiger partial charge in [-0.2, -0.15) is 0 Å². The summed E-state index contributed by atoms with van der Waals surface area (Å²) in [6.45, 7) is 0. The molecule has 0 unspecified atom stereocenters. The summed E-state index contributed by atoms with van der Waals surface area (Å²) in [5.74, 6) is -0.518. The molecule has 0 aliphatic carbocycles. The summed E-state index contributed by atoms with van der Waals surface area (Å²) < 4.78 is 27.1. The van der Waals surface area contributed by atoms with Crippen molar-refractivity contribution in [1.29, 1.82) is 0 Å². The average molecular weight is 320 g/mol. The van der Waals surface area contributed by atoms with Crippen LogP contribution in [0.4, 0.5) is 5.69 Å². The van der Waals surface area contributed by atoms with Gasteiger partial charge in [-0.1, -0.05) is 30.3 Å². The molecule has 7 heteroatoms. The Bertz CT molecular complexity index is 745. The van der Waals surface area contributed by atoms with Crippen LogP contribution in [0.15, 0.2) is 59.5 Å². The summed E-state index contributed by atoms with van der Waals surface area (Å²) in [7, 11) is -3.68. The van der Waals surface area contributed by atoms with Crippen molar-refractivity contribution in [1.82, 2.24) is 5.48 Å². The number of nitrogens with one attached hydrogen (secondary N) is 2. The van der Waals surface area contributed by atoms with Crippen LogP contribution < -0.4 is 10.2 Å². The molecular weight excluding hydrogens is 304 g/mol. The van der Waals surface area contributed by atoms with Gasteiger partial charge >= 0.3 is 0 Å². The summed E-state index contributed by atoms with van der Waals surface area (Å²) in [6.07, 6.45) is 0.410. The molecule has 0 saturated carbocycles. The van der Waals surface area contributed by atoms with E-state index in [4.69, 9.17) is 5.21 Å². The Balaban J connectivity index is 2.15. The maximum atomic E-state index is 12.3. The van der Waals surface area contributed by atoms with E-state index in [1.165, 1.54) is 12.1 Å². The summed E-state index contributed by atoms with van der Waals surface area (Å²) in [5.41, 5.74) is 2.72. The van der Waals surface area contributed by atoms with Gasteiger partial charge in [0.2, 0.25) is 5.91 Å². The van der Waals surface area contributed by atoms with E-state index in [9.17, 15) is 13.2 Å². The average Bonchev–Trinajstić information content (AvgIpc) is 2.53. The summed E-state index contributed by atoms with van der Waals surface area (Å²) in [6, 6.07) is 14.9. The summed E-state index contributed by atoms with van der Waals surface area (Å²) in [4.78, 5) is 11.1. The van der Waals surface area contributed by atoms with Crippen LogP contribution in [0.2, 0.25) is 0 Å². The molecule has 22 heavy (non-hydrogen) atoms. The number of sulfonamides is 1. The second kappa shape index (κ2) is 7.06. The Hall–Kier alpha value is -2.38. The number of para-hydroxylation sites is 1. The molecule has 0 fully saturated rings. The number of rotatable bonds is 6. The number of carbonyl (C=O) groups excluding carboxylic acids is 1. The zero-order valence-electron chi connectivity index (χ0n) is 11.7. The van der Waals surface area contributed by atoms with Crippen molar-refractivity contribution in [3.05, 3.63) is 60.2 Å². The predicted octanol–water partition coefficient (Wildman–Crippen LogP) is 1.93. The Kier molecular flexibility index (Phi) is 5.13. The van der Waals surface area contributed by atoms with Gasteiger partial charge in [-0.15, -0.1) is 0 Å². The molecule has 0 aromatic heterocycles. The minimum atomic E-state index is -3.68. The Labute approximate surface area is 128 Å². The van der Waals surface area contributed by atoms with Crippen LogP contribution in [-0.4, -0.2) is 19.5 Å². The molecule has 0 spiro atoms. The molecular formula is C15H16N2O4S. The van der Waals surface area contributed by atoms with E-state index in [1.54, 1.807) is 47.9 Å². The van der Waals surface area contributed by atoms with Gasteiger partial charge in [0.1, 0.15) is 0 Å². The lowest BCUT2D eigenvalue weighted by molar-refractivity contribution is -0.129. The molecule has 2 aromatic rings. The zero-order chi connectivity index (χ0) is 16.0. The second-order valence-electron chi connectivity index (χ2n) is 4.65. The second-order valence-corrected chi connectivity index (χ2v) is 6.34. The van der Waals surface area contributed by atoms with Crippen LogP contribution in [0.25, 0.3) is 0 Å². The van der Waals surface area contributed by atoms with Crippen molar-refractivity contribution in [2.24, 2.45) is 0 Å². The zero-order valence-corrected chi connectivity index (χ0v) is 12.5. The van der Waals surface area contributed by atoms with Gasteiger partial charge in [0.25, 0.3) is 10.0 Å². The molecule has 116 valence electrons. The smallest absolute Gasteiger partial charge is 0.261 e. The molecule has 1 amide bonds. The lowest BCUT2D eigenvalue weighted by Crippen LogP contribution is -2.18. The van der Waals surface area contributed by atoms with Gasteiger partial charge in [-0.25, -0.2) is 13.9 Å². The maximum absolute atomic E-state index is 12.3. The minimum absolute atomic E-state index is 0.0755. The fourth-order valence-corrected chi connectivity index (χ4v) is 3.03. The van der Waals surface area contributed by atoms with Crippen LogP contribution in [0.1, 0.15) is 12.0 Å². The molecule has 0 saturated heterocycles. The SMILES string of the molecule is O=C(CCc1cccc(S(=O)(=O)Nc2ccccc2)c1)NO. The van der Waals surface area contributed by atoms with E-state index < -0.39 is 15.9 Å². The number of hydrogen-bond acceptors (Lipinski definition) is 4. The van der Waals surface area contributed by atoms with Crippen LogP contribution in [0.3, 0.4) is 0 Å². The number of hydrogen-bond donors (Lipinski definition) is 3. The number of carbonyl (C=O) groups is 1. The van der Waals surface area contributed by atoms with Crippen molar-refractivity contribution in [2.45, 2.75) is 17.7 Å². The lowest BCUT2D eigenvalue weighted by Gasteiger charge is -2.09. The van der Waals surface area contributed by atoms with Crippen molar-refractivity contribution >= 4 is 21.6 Å². The van der Waals surface area contributed by atoms with Gasteiger partial charge < -0.3 is 0 Å². The predicted molar refractivity (Wildman–Crippen MR) is 81.9 cm³/mol. The summed E-state index contributed by atoms with van der Waals surface area (Å²) in [5, 5.41) is 8.46. The van der Waals surface area contributed by atoms with Crippen molar-refractivity contribution in [2.75, 3.05) is 4.72 Å². The molecule has 0 bridgehead atoms. The van der Waals surface area contributed by atoms with Crippen LogP contribution in [-0.2, 0) is 21.2 Å². The van der Waals surface area contributed by atoms with Crippen LogP contribution in [0.5, 0.6) is 0 Å². The number of benzene rings is 2. The van der Waals surface area contributed by atoms with E-state index >= 15 is 0 Å². The molecule has 0 radical (unpaired) electrons. The van der Waals surface area contributed by atoms with E-state index in [2.05, 4.69) is 4.72 Å². The van der Waals surface area contributed by atoms with Gasteiger partial charge in [0.05, 0.1) is 4.90 Å². The topological polar surface area (TPSA) is 95.5 Å². The first-order chi connectivity index (χ1) is 10.5. The van der Waals surface area contributed by atoms with E-state index in [0.29, 0.717) is 17.7 Å². The van der Waals surface area contributed by atoms with Gasteiger partial charge in [0.15, 0.2) is 0 Å². The van der Waals surface area contributed by atoms with E-state index in [-0.39, 0.29) is 11.3 Å². The Morgan fingerprint density at radius 1 is 1.05 bits per heavy atom. The van der Waals surface area contributed by atoms with Gasteiger partial charge in [-0.05, 0) is 36.2 Å². The third kappa shape index (κ3) is 4.31.